The molecule has 3 aromatic carbocycles. The van der Waals surface area contributed by atoms with Crippen LogP contribution in [0.2, 0.25) is 0 Å². The second-order valence-corrected chi connectivity index (χ2v) is 9.93. The molecule has 0 saturated heterocycles. The number of fused-ring (bicyclic) bond motifs is 3. The summed E-state index contributed by atoms with van der Waals surface area (Å²) in [4.78, 5) is 9.96. The lowest BCUT2D eigenvalue weighted by Crippen LogP contribution is -2.24. The number of para-hydroxylation sites is 3. The molecule has 0 saturated carbocycles. The van der Waals surface area contributed by atoms with Crippen molar-refractivity contribution in [2.45, 2.75) is 0 Å². The Labute approximate surface area is 167 Å². The van der Waals surface area contributed by atoms with Crippen molar-refractivity contribution in [3.05, 3.63) is 91.4 Å². The Balaban J connectivity index is 1.77. The average Bonchev–Trinajstić information content (AvgIpc) is 3.49. The highest BCUT2D eigenvalue weighted by Gasteiger charge is 2.36. The molecule has 0 amide bonds. The molecule has 4 nitrogen and oxygen atoms in total. The zero-order valence-corrected chi connectivity index (χ0v) is 16.4. The maximum absolute atomic E-state index is 15.2. The van der Waals surface area contributed by atoms with Crippen LogP contribution in [0.15, 0.2) is 91.4 Å². The SMILES string of the molecule is O=P(c1c[nH]c2ccccc12)(c1c[nH]c2ccccc12)c1c[nH]c2ccccc12. The number of aromatic nitrogens is 3. The standard InChI is InChI=1S/C24H18N3OP/c28-29(22-13-25-19-10-4-1-7-16(19)22,23-14-26-20-11-5-2-8-17(20)23)24-15-27-21-12-6-3-9-18(21)24/h1-15,25-27H. The molecule has 0 aliphatic heterocycles. The minimum atomic E-state index is -3.16. The summed E-state index contributed by atoms with van der Waals surface area (Å²) in [5.74, 6) is 0. The van der Waals surface area contributed by atoms with Gasteiger partial charge in [0.25, 0.3) is 0 Å². The van der Waals surface area contributed by atoms with E-state index >= 15 is 4.57 Å². The van der Waals surface area contributed by atoms with E-state index in [1.54, 1.807) is 0 Å². The second-order valence-electron chi connectivity index (χ2n) is 7.27. The van der Waals surface area contributed by atoms with E-state index in [4.69, 9.17) is 0 Å². The maximum atomic E-state index is 15.2. The maximum Gasteiger partial charge on any atom is 0.177 e. The monoisotopic (exact) mass is 395 g/mol. The van der Waals surface area contributed by atoms with Crippen LogP contribution in [0.4, 0.5) is 0 Å². The first kappa shape index (κ1) is 16.5. The van der Waals surface area contributed by atoms with Crippen molar-refractivity contribution in [2.24, 2.45) is 0 Å². The van der Waals surface area contributed by atoms with Gasteiger partial charge in [0.05, 0.1) is 0 Å². The van der Waals surface area contributed by atoms with Gasteiger partial charge in [0.2, 0.25) is 0 Å². The highest BCUT2D eigenvalue weighted by atomic mass is 31.2. The summed E-state index contributed by atoms with van der Waals surface area (Å²) in [5, 5.41) is 5.48. The van der Waals surface area contributed by atoms with Gasteiger partial charge in [-0.2, -0.15) is 0 Å². The van der Waals surface area contributed by atoms with Gasteiger partial charge in [0, 0.05) is 67.2 Å². The van der Waals surface area contributed by atoms with Gasteiger partial charge in [-0.25, -0.2) is 0 Å². The molecule has 140 valence electrons. The molecule has 6 aromatic rings. The smallest absolute Gasteiger partial charge is 0.177 e. The molecule has 0 spiro atoms. The topological polar surface area (TPSA) is 64.4 Å². The van der Waals surface area contributed by atoms with Crippen molar-refractivity contribution in [1.82, 2.24) is 15.0 Å². The lowest BCUT2D eigenvalue weighted by molar-refractivity contribution is 0.593. The van der Waals surface area contributed by atoms with Crippen LogP contribution in [0, 0.1) is 0 Å². The normalized spacial score (nSPS) is 12.3. The minimum absolute atomic E-state index is 0.836. The molecule has 3 heterocycles. The van der Waals surface area contributed by atoms with Crippen LogP contribution in [-0.2, 0) is 4.57 Å². The quantitative estimate of drug-likeness (QED) is 0.371. The molecule has 0 aliphatic rings. The summed E-state index contributed by atoms with van der Waals surface area (Å²) in [6, 6.07) is 24.1. The van der Waals surface area contributed by atoms with Crippen molar-refractivity contribution in [1.29, 1.82) is 0 Å². The zero-order valence-electron chi connectivity index (χ0n) is 15.5. The molecule has 29 heavy (non-hydrogen) atoms. The van der Waals surface area contributed by atoms with Gasteiger partial charge in [-0.1, -0.05) is 54.6 Å². The molecule has 3 N–H and O–H groups in total. The highest BCUT2D eigenvalue weighted by Crippen LogP contribution is 2.47. The minimum Gasteiger partial charge on any atom is -0.360 e. The van der Waals surface area contributed by atoms with Gasteiger partial charge in [-0.05, 0) is 18.2 Å². The molecule has 0 unspecified atom stereocenters. The Kier molecular flexibility index (Phi) is 3.41. The molecule has 0 bridgehead atoms. The Hall–Kier alpha value is -3.49. The molecule has 0 aliphatic carbocycles. The second kappa shape index (κ2) is 6.00. The number of H-pyrrole nitrogens is 3. The van der Waals surface area contributed by atoms with E-state index in [0.29, 0.717) is 0 Å². The molecule has 0 radical (unpaired) electrons. The fourth-order valence-electron chi connectivity index (χ4n) is 4.34. The van der Waals surface area contributed by atoms with Crippen LogP contribution < -0.4 is 15.9 Å². The lowest BCUT2D eigenvalue weighted by atomic mass is 10.2. The fraction of sp³-hybridized carbons (Fsp3) is 0. The fourth-order valence-corrected chi connectivity index (χ4v) is 7.46. The third-order valence-corrected chi connectivity index (χ3v) is 8.87. The predicted octanol–water partition coefficient (Wildman–Crippen LogP) is 4.77. The van der Waals surface area contributed by atoms with E-state index in [2.05, 4.69) is 15.0 Å². The van der Waals surface area contributed by atoms with Gasteiger partial charge in [0.15, 0.2) is 7.14 Å². The Morgan fingerprint density at radius 1 is 0.483 bits per heavy atom. The zero-order chi connectivity index (χ0) is 19.4. The van der Waals surface area contributed by atoms with Crippen molar-refractivity contribution < 1.29 is 4.57 Å². The van der Waals surface area contributed by atoms with E-state index < -0.39 is 7.14 Å². The number of rotatable bonds is 3. The van der Waals surface area contributed by atoms with Crippen molar-refractivity contribution in [2.75, 3.05) is 0 Å². The summed E-state index contributed by atoms with van der Waals surface area (Å²) in [6.45, 7) is 0. The molecular weight excluding hydrogens is 377 g/mol. The first-order valence-corrected chi connectivity index (χ1v) is 11.3. The number of nitrogens with one attached hydrogen (secondary N) is 3. The molecular formula is C24H18N3OP. The summed E-state index contributed by atoms with van der Waals surface area (Å²) in [5.41, 5.74) is 2.97. The van der Waals surface area contributed by atoms with Crippen LogP contribution in [0.25, 0.3) is 32.7 Å². The van der Waals surface area contributed by atoms with Crippen LogP contribution >= 0.6 is 7.14 Å². The van der Waals surface area contributed by atoms with Gasteiger partial charge in [0.1, 0.15) is 0 Å². The third kappa shape index (κ3) is 2.24. The predicted molar refractivity (Wildman–Crippen MR) is 121 cm³/mol. The van der Waals surface area contributed by atoms with Gasteiger partial charge in [-0.3, -0.25) is 0 Å². The number of hydrogen-bond acceptors (Lipinski definition) is 1. The Morgan fingerprint density at radius 2 is 0.793 bits per heavy atom. The van der Waals surface area contributed by atoms with Crippen LogP contribution in [0.3, 0.4) is 0 Å². The number of hydrogen-bond donors (Lipinski definition) is 3. The summed E-state index contributed by atoms with van der Waals surface area (Å²) in [7, 11) is -3.16. The Morgan fingerprint density at radius 3 is 1.14 bits per heavy atom. The lowest BCUT2D eigenvalue weighted by Gasteiger charge is -2.17. The summed E-state index contributed by atoms with van der Waals surface area (Å²) >= 11 is 0. The van der Waals surface area contributed by atoms with E-state index in [0.717, 1.165) is 48.6 Å². The first-order valence-electron chi connectivity index (χ1n) is 9.57. The van der Waals surface area contributed by atoms with E-state index in [1.165, 1.54) is 0 Å². The first-order chi connectivity index (χ1) is 14.3. The molecule has 0 fully saturated rings. The molecule has 5 heteroatoms. The van der Waals surface area contributed by atoms with Crippen molar-refractivity contribution in [3.8, 4) is 0 Å². The van der Waals surface area contributed by atoms with Gasteiger partial charge >= 0.3 is 0 Å². The van der Waals surface area contributed by atoms with Gasteiger partial charge in [-0.15, -0.1) is 0 Å². The number of aromatic amines is 3. The number of benzene rings is 3. The van der Waals surface area contributed by atoms with Crippen LogP contribution in [0.5, 0.6) is 0 Å². The van der Waals surface area contributed by atoms with Crippen molar-refractivity contribution >= 4 is 55.8 Å². The van der Waals surface area contributed by atoms with E-state index in [-0.39, 0.29) is 0 Å². The average molecular weight is 395 g/mol. The summed E-state index contributed by atoms with van der Waals surface area (Å²) < 4.78 is 15.2. The van der Waals surface area contributed by atoms with Gasteiger partial charge < -0.3 is 19.5 Å². The van der Waals surface area contributed by atoms with E-state index in [1.807, 2.05) is 91.4 Å². The third-order valence-electron chi connectivity index (χ3n) is 5.72. The molecule has 0 atom stereocenters. The molecule has 6 rings (SSSR count). The van der Waals surface area contributed by atoms with E-state index in [9.17, 15) is 0 Å². The largest absolute Gasteiger partial charge is 0.360 e. The summed E-state index contributed by atoms with van der Waals surface area (Å²) in [6.07, 6.45) is 5.74. The van der Waals surface area contributed by atoms with Crippen LogP contribution in [-0.4, -0.2) is 15.0 Å². The molecule has 3 aromatic heterocycles. The van der Waals surface area contributed by atoms with Crippen LogP contribution in [0.1, 0.15) is 0 Å². The highest BCUT2D eigenvalue weighted by molar-refractivity contribution is 7.86. The Bertz CT molecular complexity index is 1370. The van der Waals surface area contributed by atoms with Crippen molar-refractivity contribution in [3.63, 3.8) is 0 Å².